The van der Waals surface area contributed by atoms with Crippen LogP contribution in [0.2, 0.25) is 0 Å². The van der Waals surface area contributed by atoms with Gasteiger partial charge in [0.15, 0.2) is 0 Å². The first-order valence-corrected chi connectivity index (χ1v) is 7.97. The van der Waals surface area contributed by atoms with Crippen molar-refractivity contribution in [1.29, 1.82) is 0 Å². The molecule has 0 aromatic heterocycles. The molecule has 0 bridgehead atoms. The van der Waals surface area contributed by atoms with Gasteiger partial charge in [-0.1, -0.05) is 60.7 Å². The Balaban J connectivity index is 2.29. The summed E-state index contributed by atoms with van der Waals surface area (Å²) in [6.45, 7) is 4.96. The van der Waals surface area contributed by atoms with Crippen molar-refractivity contribution in [3.05, 3.63) is 72.3 Å². The summed E-state index contributed by atoms with van der Waals surface area (Å²) in [5, 5.41) is 0. The molecule has 0 amide bonds. The fourth-order valence-corrected chi connectivity index (χ4v) is 2.46. The van der Waals surface area contributed by atoms with Gasteiger partial charge in [-0.3, -0.25) is 0 Å². The Morgan fingerprint density at radius 1 is 1.04 bits per heavy atom. The predicted octanol–water partition coefficient (Wildman–Crippen LogP) is 4.16. The van der Waals surface area contributed by atoms with Crippen LogP contribution in [-0.4, -0.2) is 25.2 Å². The van der Waals surface area contributed by atoms with Crippen LogP contribution in [-0.2, 0) is 9.53 Å². The predicted molar refractivity (Wildman–Crippen MR) is 95.4 cm³/mol. The number of ether oxygens (including phenoxy) is 1. The lowest BCUT2D eigenvalue weighted by Crippen LogP contribution is -2.41. The number of carbonyl (C=O) groups is 1. The molecule has 0 aliphatic carbocycles. The number of nitrogens with zero attached hydrogens (tertiary/aromatic N) is 1. The first kappa shape index (κ1) is 16.8. The lowest BCUT2D eigenvalue weighted by atomic mass is 10.1. The third kappa shape index (κ3) is 4.71. The molecule has 2 aromatic carbocycles. The van der Waals surface area contributed by atoms with E-state index in [0.29, 0.717) is 13.2 Å². The zero-order valence-electron chi connectivity index (χ0n) is 13.7. The number of hydrogen-bond donors (Lipinski definition) is 0. The SMILES string of the molecule is CCOC(=O)[C@@H](/C=C\c1ccccc1)N(CC)c1ccccc1. The van der Waals surface area contributed by atoms with E-state index in [2.05, 4.69) is 0 Å². The minimum absolute atomic E-state index is 0.231. The monoisotopic (exact) mass is 309 g/mol. The minimum atomic E-state index is -0.442. The first-order chi connectivity index (χ1) is 11.3. The Labute approximate surface area is 138 Å². The van der Waals surface area contributed by atoms with E-state index in [1.807, 2.05) is 91.6 Å². The zero-order valence-corrected chi connectivity index (χ0v) is 13.7. The van der Waals surface area contributed by atoms with Crippen LogP contribution in [0.5, 0.6) is 0 Å². The Hall–Kier alpha value is -2.55. The van der Waals surface area contributed by atoms with E-state index >= 15 is 0 Å². The highest BCUT2D eigenvalue weighted by molar-refractivity contribution is 5.83. The highest BCUT2D eigenvalue weighted by atomic mass is 16.5. The molecule has 120 valence electrons. The van der Waals surface area contributed by atoms with Gasteiger partial charge >= 0.3 is 5.97 Å². The zero-order chi connectivity index (χ0) is 16.5. The molecular formula is C20H23NO2. The molecular weight excluding hydrogens is 286 g/mol. The maximum atomic E-state index is 12.4. The van der Waals surface area contributed by atoms with Gasteiger partial charge in [0.25, 0.3) is 0 Å². The smallest absolute Gasteiger partial charge is 0.332 e. The molecule has 0 N–H and O–H groups in total. The molecule has 0 heterocycles. The molecule has 1 atom stereocenters. The van der Waals surface area contributed by atoms with E-state index in [0.717, 1.165) is 11.3 Å². The Bertz CT molecular complexity index is 623. The first-order valence-electron chi connectivity index (χ1n) is 7.97. The summed E-state index contributed by atoms with van der Waals surface area (Å²) in [4.78, 5) is 14.5. The van der Waals surface area contributed by atoms with Crippen molar-refractivity contribution >= 4 is 17.7 Å². The standard InChI is InChI=1S/C20H23NO2/c1-3-21(18-13-9-6-10-14-18)19(20(22)23-4-2)16-15-17-11-7-5-8-12-17/h5-16,19H,3-4H2,1-2H3/b16-15-/t19-/m1/s1. The van der Waals surface area contributed by atoms with Crippen LogP contribution >= 0.6 is 0 Å². The summed E-state index contributed by atoms with van der Waals surface area (Å²) in [6, 6.07) is 19.4. The third-order valence-electron chi connectivity index (χ3n) is 3.56. The van der Waals surface area contributed by atoms with Crippen LogP contribution < -0.4 is 4.90 Å². The van der Waals surface area contributed by atoms with Gasteiger partial charge < -0.3 is 9.64 Å². The van der Waals surface area contributed by atoms with E-state index in [4.69, 9.17) is 4.74 Å². The quantitative estimate of drug-likeness (QED) is 0.719. The van der Waals surface area contributed by atoms with E-state index < -0.39 is 6.04 Å². The Morgan fingerprint density at radius 3 is 2.22 bits per heavy atom. The molecule has 0 fully saturated rings. The van der Waals surface area contributed by atoms with Crippen LogP contribution in [0, 0.1) is 0 Å². The van der Waals surface area contributed by atoms with Gasteiger partial charge in [0, 0.05) is 12.2 Å². The van der Waals surface area contributed by atoms with Gasteiger partial charge in [0.2, 0.25) is 0 Å². The van der Waals surface area contributed by atoms with E-state index in [-0.39, 0.29) is 5.97 Å². The number of benzene rings is 2. The average Bonchev–Trinajstić information content (AvgIpc) is 2.60. The van der Waals surface area contributed by atoms with Gasteiger partial charge in [0.05, 0.1) is 6.61 Å². The lowest BCUT2D eigenvalue weighted by Gasteiger charge is -2.29. The van der Waals surface area contributed by atoms with Crippen LogP contribution in [0.4, 0.5) is 5.69 Å². The van der Waals surface area contributed by atoms with Crippen molar-refractivity contribution in [3.63, 3.8) is 0 Å². The van der Waals surface area contributed by atoms with Crippen LogP contribution in [0.1, 0.15) is 19.4 Å². The second-order valence-electron chi connectivity index (χ2n) is 5.09. The molecule has 0 spiro atoms. The van der Waals surface area contributed by atoms with E-state index in [1.54, 1.807) is 0 Å². The molecule has 23 heavy (non-hydrogen) atoms. The molecule has 0 radical (unpaired) electrons. The highest BCUT2D eigenvalue weighted by Gasteiger charge is 2.23. The molecule has 0 saturated carbocycles. The molecule has 0 aliphatic heterocycles. The summed E-state index contributed by atoms with van der Waals surface area (Å²) in [6.07, 6.45) is 3.87. The molecule has 2 rings (SSSR count). The lowest BCUT2D eigenvalue weighted by molar-refractivity contribution is -0.143. The van der Waals surface area contributed by atoms with Crippen LogP contribution in [0.25, 0.3) is 6.08 Å². The number of hydrogen-bond acceptors (Lipinski definition) is 3. The Kier molecular flexibility index (Phi) is 6.42. The van der Waals surface area contributed by atoms with Gasteiger partial charge in [0.1, 0.15) is 6.04 Å². The van der Waals surface area contributed by atoms with Crippen molar-refractivity contribution in [3.8, 4) is 0 Å². The number of anilines is 1. The summed E-state index contributed by atoms with van der Waals surface area (Å²) in [5.74, 6) is -0.231. The molecule has 0 saturated heterocycles. The number of para-hydroxylation sites is 1. The van der Waals surface area contributed by atoms with Gasteiger partial charge in [-0.25, -0.2) is 4.79 Å². The second kappa shape index (κ2) is 8.79. The molecule has 3 nitrogen and oxygen atoms in total. The largest absolute Gasteiger partial charge is 0.464 e. The summed E-state index contributed by atoms with van der Waals surface area (Å²) in [5.41, 5.74) is 2.07. The molecule has 3 heteroatoms. The van der Waals surface area contributed by atoms with E-state index in [1.165, 1.54) is 0 Å². The topological polar surface area (TPSA) is 29.5 Å². The van der Waals surface area contributed by atoms with Crippen molar-refractivity contribution < 1.29 is 9.53 Å². The van der Waals surface area contributed by atoms with Crippen molar-refractivity contribution in [2.45, 2.75) is 19.9 Å². The number of esters is 1. The number of carbonyl (C=O) groups excluding carboxylic acids is 1. The van der Waals surface area contributed by atoms with Crippen molar-refractivity contribution in [2.24, 2.45) is 0 Å². The third-order valence-corrected chi connectivity index (χ3v) is 3.56. The Morgan fingerprint density at radius 2 is 1.65 bits per heavy atom. The molecule has 0 aliphatic rings. The van der Waals surface area contributed by atoms with Gasteiger partial charge in [-0.05, 0) is 31.5 Å². The summed E-state index contributed by atoms with van der Waals surface area (Å²) < 4.78 is 5.26. The summed E-state index contributed by atoms with van der Waals surface area (Å²) >= 11 is 0. The van der Waals surface area contributed by atoms with Crippen LogP contribution in [0.15, 0.2) is 66.7 Å². The fourth-order valence-electron chi connectivity index (χ4n) is 2.46. The van der Waals surface area contributed by atoms with Gasteiger partial charge in [-0.15, -0.1) is 0 Å². The van der Waals surface area contributed by atoms with Gasteiger partial charge in [-0.2, -0.15) is 0 Å². The maximum Gasteiger partial charge on any atom is 0.332 e. The second-order valence-corrected chi connectivity index (χ2v) is 5.09. The highest BCUT2D eigenvalue weighted by Crippen LogP contribution is 2.19. The molecule has 0 unspecified atom stereocenters. The van der Waals surface area contributed by atoms with E-state index in [9.17, 15) is 4.79 Å². The van der Waals surface area contributed by atoms with Crippen molar-refractivity contribution in [2.75, 3.05) is 18.1 Å². The van der Waals surface area contributed by atoms with Crippen LogP contribution in [0.3, 0.4) is 0 Å². The fraction of sp³-hybridized carbons (Fsp3) is 0.250. The minimum Gasteiger partial charge on any atom is -0.464 e. The number of rotatable bonds is 7. The molecule has 2 aromatic rings. The maximum absolute atomic E-state index is 12.4. The normalized spacial score (nSPS) is 12.1. The van der Waals surface area contributed by atoms with Crippen molar-refractivity contribution in [1.82, 2.24) is 0 Å². The number of likely N-dealkylation sites (N-methyl/N-ethyl adjacent to an activating group) is 1. The summed E-state index contributed by atoms with van der Waals surface area (Å²) in [7, 11) is 0. The average molecular weight is 309 g/mol.